The molecule has 1 saturated heterocycles. The number of piperazine rings is 1. The average molecular weight is 260 g/mol. The van der Waals surface area contributed by atoms with Gasteiger partial charge in [0, 0.05) is 32.7 Å². The average Bonchev–Trinajstić information content (AvgIpc) is 2.28. The number of hydrogen-bond donors (Lipinski definition) is 2. The van der Waals surface area contributed by atoms with Crippen molar-refractivity contribution < 1.29 is 14.6 Å². The van der Waals surface area contributed by atoms with Crippen LogP contribution >= 0.6 is 0 Å². The number of hydrogen-bond acceptors (Lipinski definition) is 5. The summed E-state index contributed by atoms with van der Waals surface area (Å²) in [7, 11) is 0. The molecule has 5 nitrogen and oxygen atoms in total. The maximum Gasteiger partial charge on any atom is 0.0900 e. The standard InChI is InChI=1S/C13H28N2O3/c1-13(2,3)18-9-8-17-11-12(16)10-15-6-4-14-5-7-15/h12,14,16H,4-11H2,1-3H3. The highest BCUT2D eigenvalue weighted by Crippen LogP contribution is 2.05. The molecule has 0 radical (unpaired) electrons. The number of rotatable bonds is 7. The second-order valence-corrected chi connectivity index (χ2v) is 5.74. The van der Waals surface area contributed by atoms with Crippen LogP contribution in [0.4, 0.5) is 0 Å². The molecule has 0 bridgehead atoms. The van der Waals surface area contributed by atoms with E-state index in [1.807, 2.05) is 20.8 Å². The van der Waals surface area contributed by atoms with Gasteiger partial charge in [0.05, 0.1) is 31.5 Å². The zero-order valence-corrected chi connectivity index (χ0v) is 11.9. The largest absolute Gasteiger partial charge is 0.389 e. The molecule has 0 aromatic carbocycles. The monoisotopic (exact) mass is 260 g/mol. The molecule has 1 unspecified atom stereocenters. The molecule has 108 valence electrons. The Hall–Kier alpha value is -0.200. The van der Waals surface area contributed by atoms with Gasteiger partial charge >= 0.3 is 0 Å². The lowest BCUT2D eigenvalue weighted by Crippen LogP contribution is -2.47. The summed E-state index contributed by atoms with van der Waals surface area (Å²) in [5.41, 5.74) is -0.122. The van der Waals surface area contributed by atoms with Crippen molar-refractivity contribution in [1.29, 1.82) is 0 Å². The van der Waals surface area contributed by atoms with Crippen molar-refractivity contribution in [2.75, 3.05) is 52.5 Å². The number of ether oxygens (including phenoxy) is 2. The molecule has 1 atom stereocenters. The Morgan fingerprint density at radius 2 is 1.89 bits per heavy atom. The minimum Gasteiger partial charge on any atom is -0.389 e. The Labute approximate surface area is 110 Å². The van der Waals surface area contributed by atoms with Gasteiger partial charge in [0.1, 0.15) is 0 Å². The molecule has 1 rings (SSSR count). The minimum atomic E-state index is -0.405. The van der Waals surface area contributed by atoms with E-state index in [2.05, 4.69) is 10.2 Å². The van der Waals surface area contributed by atoms with E-state index >= 15 is 0 Å². The molecule has 0 aliphatic carbocycles. The molecule has 18 heavy (non-hydrogen) atoms. The van der Waals surface area contributed by atoms with Gasteiger partial charge in [0.15, 0.2) is 0 Å². The molecule has 0 aromatic heterocycles. The van der Waals surface area contributed by atoms with Gasteiger partial charge in [-0.3, -0.25) is 4.90 Å². The van der Waals surface area contributed by atoms with Crippen LogP contribution in [0.2, 0.25) is 0 Å². The summed E-state index contributed by atoms with van der Waals surface area (Å²) in [6, 6.07) is 0. The summed E-state index contributed by atoms with van der Waals surface area (Å²) in [4.78, 5) is 2.26. The normalized spacial score (nSPS) is 20.0. The van der Waals surface area contributed by atoms with E-state index in [0.717, 1.165) is 26.2 Å². The summed E-state index contributed by atoms with van der Waals surface area (Å²) in [6.07, 6.45) is -0.405. The topological polar surface area (TPSA) is 54.0 Å². The van der Waals surface area contributed by atoms with Crippen LogP contribution in [0.3, 0.4) is 0 Å². The van der Waals surface area contributed by atoms with Crippen molar-refractivity contribution in [3.63, 3.8) is 0 Å². The fourth-order valence-electron chi connectivity index (χ4n) is 1.87. The second kappa shape index (κ2) is 8.07. The van der Waals surface area contributed by atoms with Crippen LogP contribution in [-0.4, -0.2) is 74.3 Å². The molecule has 1 aliphatic rings. The van der Waals surface area contributed by atoms with Crippen molar-refractivity contribution in [3.05, 3.63) is 0 Å². The number of β-amino-alcohol motifs (C(OH)–C–C–N with tert-alkyl or cyclic N) is 1. The van der Waals surface area contributed by atoms with E-state index in [1.165, 1.54) is 0 Å². The Bertz CT molecular complexity index is 213. The zero-order chi connectivity index (χ0) is 13.4. The fraction of sp³-hybridized carbons (Fsp3) is 1.00. The van der Waals surface area contributed by atoms with Crippen LogP contribution in [0.25, 0.3) is 0 Å². The van der Waals surface area contributed by atoms with Crippen molar-refractivity contribution in [3.8, 4) is 0 Å². The van der Waals surface area contributed by atoms with Gasteiger partial charge in [-0.2, -0.15) is 0 Å². The Morgan fingerprint density at radius 1 is 1.22 bits per heavy atom. The van der Waals surface area contributed by atoms with Crippen molar-refractivity contribution in [2.24, 2.45) is 0 Å². The van der Waals surface area contributed by atoms with Crippen LogP contribution < -0.4 is 5.32 Å². The van der Waals surface area contributed by atoms with Crippen LogP contribution in [0.15, 0.2) is 0 Å². The minimum absolute atomic E-state index is 0.122. The first-order valence-corrected chi connectivity index (χ1v) is 6.80. The van der Waals surface area contributed by atoms with Crippen molar-refractivity contribution in [1.82, 2.24) is 10.2 Å². The van der Waals surface area contributed by atoms with Crippen molar-refractivity contribution in [2.45, 2.75) is 32.5 Å². The number of aliphatic hydroxyl groups is 1. The summed E-state index contributed by atoms with van der Waals surface area (Å²) >= 11 is 0. The maximum atomic E-state index is 9.83. The third-order valence-electron chi connectivity index (χ3n) is 2.75. The number of aliphatic hydroxyl groups excluding tert-OH is 1. The molecule has 2 N–H and O–H groups in total. The third-order valence-corrected chi connectivity index (χ3v) is 2.75. The molecule has 0 amide bonds. The quantitative estimate of drug-likeness (QED) is 0.635. The summed E-state index contributed by atoms with van der Waals surface area (Å²) in [6.45, 7) is 12.3. The van der Waals surface area contributed by atoms with Crippen LogP contribution in [-0.2, 0) is 9.47 Å². The number of nitrogens with zero attached hydrogens (tertiary/aromatic N) is 1. The lowest BCUT2D eigenvalue weighted by Gasteiger charge is -2.29. The van der Waals surface area contributed by atoms with E-state index in [0.29, 0.717) is 26.4 Å². The smallest absolute Gasteiger partial charge is 0.0900 e. The first-order chi connectivity index (χ1) is 8.47. The summed E-state index contributed by atoms with van der Waals surface area (Å²) in [5.74, 6) is 0. The van der Waals surface area contributed by atoms with Gasteiger partial charge in [0.2, 0.25) is 0 Å². The van der Waals surface area contributed by atoms with E-state index in [4.69, 9.17) is 9.47 Å². The predicted molar refractivity (Wildman–Crippen MR) is 71.8 cm³/mol. The maximum absolute atomic E-state index is 9.83. The molecule has 0 saturated carbocycles. The first kappa shape index (κ1) is 15.9. The lowest BCUT2D eigenvalue weighted by molar-refractivity contribution is -0.0507. The Balaban J connectivity index is 1.97. The van der Waals surface area contributed by atoms with E-state index in [1.54, 1.807) is 0 Å². The van der Waals surface area contributed by atoms with Gasteiger partial charge in [-0.05, 0) is 20.8 Å². The molecule has 1 fully saturated rings. The van der Waals surface area contributed by atoms with Gasteiger partial charge in [-0.25, -0.2) is 0 Å². The van der Waals surface area contributed by atoms with Gasteiger partial charge in [0.25, 0.3) is 0 Å². The molecule has 5 heteroatoms. The highest BCUT2D eigenvalue weighted by Gasteiger charge is 2.14. The molecule has 1 heterocycles. The van der Waals surface area contributed by atoms with Gasteiger partial charge in [-0.15, -0.1) is 0 Å². The fourth-order valence-corrected chi connectivity index (χ4v) is 1.87. The zero-order valence-electron chi connectivity index (χ0n) is 11.9. The summed E-state index contributed by atoms with van der Waals surface area (Å²) in [5, 5.41) is 13.1. The van der Waals surface area contributed by atoms with Gasteiger partial charge in [-0.1, -0.05) is 0 Å². The molecular weight excluding hydrogens is 232 g/mol. The highest BCUT2D eigenvalue weighted by molar-refractivity contribution is 4.70. The summed E-state index contributed by atoms with van der Waals surface area (Å²) < 4.78 is 11.0. The Kier molecular flexibility index (Phi) is 7.11. The van der Waals surface area contributed by atoms with Gasteiger partial charge < -0.3 is 19.9 Å². The number of nitrogens with one attached hydrogen (secondary N) is 1. The predicted octanol–water partition coefficient (Wildman–Crippen LogP) is 0.0842. The Morgan fingerprint density at radius 3 is 2.50 bits per heavy atom. The first-order valence-electron chi connectivity index (χ1n) is 6.80. The van der Waals surface area contributed by atoms with E-state index in [9.17, 15) is 5.11 Å². The van der Waals surface area contributed by atoms with Crippen LogP contribution in [0.1, 0.15) is 20.8 Å². The van der Waals surface area contributed by atoms with Crippen LogP contribution in [0, 0.1) is 0 Å². The van der Waals surface area contributed by atoms with Crippen LogP contribution in [0.5, 0.6) is 0 Å². The SMILES string of the molecule is CC(C)(C)OCCOCC(O)CN1CCNCC1. The molecule has 1 aliphatic heterocycles. The third kappa shape index (κ3) is 8.00. The van der Waals surface area contributed by atoms with E-state index in [-0.39, 0.29) is 5.60 Å². The molecule has 0 aromatic rings. The van der Waals surface area contributed by atoms with E-state index < -0.39 is 6.10 Å². The molecule has 0 spiro atoms. The lowest BCUT2D eigenvalue weighted by atomic mass is 10.2. The van der Waals surface area contributed by atoms with Crippen molar-refractivity contribution >= 4 is 0 Å². The highest BCUT2D eigenvalue weighted by atomic mass is 16.5. The second-order valence-electron chi connectivity index (χ2n) is 5.74. The molecular formula is C13H28N2O3.